The first kappa shape index (κ1) is 101. The van der Waals surface area contributed by atoms with E-state index in [0.717, 1.165) is 120 Å². The van der Waals surface area contributed by atoms with Gasteiger partial charge in [-0.15, -0.1) is 0 Å². The Labute approximate surface area is 632 Å². The van der Waals surface area contributed by atoms with Gasteiger partial charge in [0.2, 0.25) is 0 Å². The molecule has 103 heavy (non-hydrogen) atoms. The Morgan fingerprint density at radius 3 is 0.689 bits per heavy atom. The van der Waals surface area contributed by atoms with Gasteiger partial charge >= 0.3 is 39.5 Å². The quantitative estimate of drug-likeness (QED) is 0.0222. The summed E-state index contributed by atoms with van der Waals surface area (Å²) in [4.78, 5) is 73.1. The first-order chi connectivity index (χ1) is 49.6. The Balaban J connectivity index is 5.22. The molecule has 3 unspecified atom stereocenters. The molecular formula is C84H164O17P2. The number of phosphoric ester groups is 2. The molecule has 3 N–H and O–H groups in total. The average molecular weight is 1510 g/mol. The summed E-state index contributed by atoms with van der Waals surface area (Å²) in [5.41, 5.74) is 0. The normalized spacial score (nSPS) is 14.2. The minimum Gasteiger partial charge on any atom is -0.462 e. The molecule has 0 saturated heterocycles. The number of aliphatic hydroxyl groups is 1. The second-order valence-electron chi connectivity index (χ2n) is 31.9. The van der Waals surface area contributed by atoms with Crippen molar-refractivity contribution in [3.05, 3.63) is 0 Å². The summed E-state index contributed by atoms with van der Waals surface area (Å²) < 4.78 is 68.8. The van der Waals surface area contributed by atoms with Crippen LogP contribution in [0.15, 0.2) is 0 Å². The molecule has 612 valence electrons. The van der Waals surface area contributed by atoms with Crippen LogP contribution >= 0.6 is 15.6 Å². The molecule has 0 radical (unpaired) electrons. The van der Waals surface area contributed by atoms with Gasteiger partial charge in [-0.25, -0.2) is 9.13 Å². The standard InChI is InChI=1S/C84H164O17P2/c1-9-77(8)63-55-47-42-43-49-57-65-82(87)95-71-80(101-84(89)67-59-51-41-35-28-22-18-14-16-20-25-31-37-45-53-61-75(4)5)73-99-103(92,93)97-69-78(85)68-96-102(90,91)98-72-79(70-94-81(86)64-56-48-39-33-29-23-26-32-38-46-54-62-76(6)7)100-83(88)66-58-50-40-34-27-21-17-13-11-10-12-15-19-24-30-36-44-52-60-74(2)3/h74-80,85H,9-73H2,1-8H3,(H,90,91)(H,92,93)/t77?,78-,79-,80-/m1/s1. The van der Waals surface area contributed by atoms with Gasteiger partial charge < -0.3 is 33.8 Å². The maximum atomic E-state index is 13.1. The summed E-state index contributed by atoms with van der Waals surface area (Å²) >= 11 is 0. The van der Waals surface area contributed by atoms with Crippen LogP contribution in [0.4, 0.5) is 0 Å². The third-order valence-corrected chi connectivity index (χ3v) is 21.8. The minimum absolute atomic E-state index is 0.107. The van der Waals surface area contributed by atoms with E-state index < -0.39 is 97.5 Å². The maximum absolute atomic E-state index is 13.1. The van der Waals surface area contributed by atoms with Crippen molar-refractivity contribution in [2.24, 2.45) is 23.7 Å². The number of phosphoric acid groups is 2. The van der Waals surface area contributed by atoms with Crippen LogP contribution < -0.4 is 0 Å². The molecule has 0 aromatic rings. The number of carbonyl (C=O) groups excluding carboxylic acids is 4. The van der Waals surface area contributed by atoms with Crippen molar-refractivity contribution < 1.29 is 80.2 Å². The van der Waals surface area contributed by atoms with E-state index in [4.69, 9.17) is 37.0 Å². The van der Waals surface area contributed by atoms with Crippen LogP contribution in [-0.4, -0.2) is 96.7 Å². The minimum atomic E-state index is -4.96. The number of aliphatic hydroxyl groups excluding tert-OH is 1. The summed E-state index contributed by atoms with van der Waals surface area (Å²) in [6.07, 6.45) is 61.1. The Morgan fingerprint density at radius 2 is 0.466 bits per heavy atom. The highest BCUT2D eigenvalue weighted by molar-refractivity contribution is 7.47. The Bertz CT molecular complexity index is 2010. The molecule has 0 heterocycles. The fraction of sp³-hybridized carbons (Fsp3) is 0.952. The molecule has 0 fully saturated rings. The molecule has 0 spiro atoms. The van der Waals surface area contributed by atoms with E-state index >= 15 is 0 Å². The predicted octanol–water partition coefficient (Wildman–Crippen LogP) is 25.2. The average Bonchev–Trinajstić information content (AvgIpc) is 0.908. The van der Waals surface area contributed by atoms with Gasteiger partial charge in [0.15, 0.2) is 12.2 Å². The van der Waals surface area contributed by atoms with E-state index in [2.05, 4.69) is 55.4 Å². The van der Waals surface area contributed by atoms with Crippen molar-refractivity contribution in [1.82, 2.24) is 0 Å². The highest BCUT2D eigenvalue weighted by atomic mass is 31.2. The van der Waals surface area contributed by atoms with E-state index in [9.17, 15) is 43.2 Å². The third-order valence-electron chi connectivity index (χ3n) is 19.9. The van der Waals surface area contributed by atoms with Crippen molar-refractivity contribution in [2.45, 2.75) is 453 Å². The molecule has 0 bridgehead atoms. The maximum Gasteiger partial charge on any atom is 0.472 e. The van der Waals surface area contributed by atoms with Crippen LogP contribution in [0.2, 0.25) is 0 Å². The number of carbonyl (C=O) groups is 4. The lowest BCUT2D eigenvalue weighted by atomic mass is 10.00. The van der Waals surface area contributed by atoms with Crippen LogP contribution in [0.5, 0.6) is 0 Å². The summed E-state index contributed by atoms with van der Waals surface area (Å²) in [7, 11) is -9.93. The Morgan fingerprint density at radius 1 is 0.272 bits per heavy atom. The number of rotatable bonds is 81. The molecule has 0 saturated carbocycles. The zero-order valence-corrected chi connectivity index (χ0v) is 69.7. The van der Waals surface area contributed by atoms with Gasteiger partial charge in [0.05, 0.1) is 26.4 Å². The molecule has 19 heteroatoms. The summed E-state index contributed by atoms with van der Waals surface area (Å²) in [6, 6.07) is 0. The lowest BCUT2D eigenvalue weighted by molar-refractivity contribution is -0.161. The van der Waals surface area contributed by atoms with Gasteiger partial charge in [-0.3, -0.25) is 37.3 Å². The number of unbranched alkanes of at least 4 members (excludes halogenated alkanes) is 46. The molecule has 0 aliphatic carbocycles. The van der Waals surface area contributed by atoms with E-state index in [-0.39, 0.29) is 25.7 Å². The molecule has 0 amide bonds. The molecule has 17 nitrogen and oxygen atoms in total. The SMILES string of the molecule is CCC(C)CCCCCCCCC(=O)OC[C@H](COP(=O)(O)OC[C@H](O)COP(=O)(O)OC[C@@H](COC(=O)CCCCCCCCCCCCCC(C)C)OC(=O)CCCCCCCCCCCCCCCCCCCCC(C)C)OC(=O)CCCCCCCCCCCCCCCCCC(C)C. The van der Waals surface area contributed by atoms with Gasteiger partial charge in [-0.2, -0.15) is 0 Å². The van der Waals surface area contributed by atoms with Gasteiger partial charge in [-0.05, 0) is 49.4 Å². The molecule has 0 rings (SSSR count). The summed E-state index contributed by atoms with van der Waals surface area (Å²) in [6.45, 7) is 14.3. The Kier molecular flexibility index (Phi) is 71.5. The smallest absolute Gasteiger partial charge is 0.462 e. The summed E-state index contributed by atoms with van der Waals surface area (Å²) in [5.74, 6) is 1.01. The van der Waals surface area contributed by atoms with Crippen LogP contribution in [0.3, 0.4) is 0 Å². The van der Waals surface area contributed by atoms with Gasteiger partial charge in [0.25, 0.3) is 0 Å². The first-order valence-electron chi connectivity index (χ1n) is 43.2. The van der Waals surface area contributed by atoms with Crippen molar-refractivity contribution in [2.75, 3.05) is 39.6 Å². The number of hydrogen-bond acceptors (Lipinski definition) is 15. The van der Waals surface area contributed by atoms with Crippen molar-refractivity contribution >= 4 is 39.5 Å². The molecule has 0 aliphatic rings. The zero-order chi connectivity index (χ0) is 76.0. The van der Waals surface area contributed by atoms with E-state index in [1.54, 1.807) is 0 Å². The largest absolute Gasteiger partial charge is 0.472 e. The van der Waals surface area contributed by atoms with Gasteiger partial charge in [0.1, 0.15) is 19.3 Å². The Hall–Kier alpha value is -1.94. The monoisotopic (exact) mass is 1510 g/mol. The third kappa shape index (κ3) is 76.6. The predicted molar refractivity (Wildman–Crippen MR) is 423 cm³/mol. The number of hydrogen-bond donors (Lipinski definition) is 3. The van der Waals surface area contributed by atoms with Crippen LogP contribution in [0, 0.1) is 23.7 Å². The van der Waals surface area contributed by atoms with E-state index in [1.807, 2.05) is 0 Å². The zero-order valence-electron chi connectivity index (χ0n) is 68.0. The van der Waals surface area contributed by atoms with Crippen molar-refractivity contribution in [3.63, 3.8) is 0 Å². The second kappa shape index (κ2) is 72.9. The highest BCUT2D eigenvalue weighted by Gasteiger charge is 2.30. The van der Waals surface area contributed by atoms with Crippen molar-refractivity contribution in [3.8, 4) is 0 Å². The topological polar surface area (TPSA) is 237 Å². The van der Waals surface area contributed by atoms with Crippen molar-refractivity contribution in [1.29, 1.82) is 0 Å². The van der Waals surface area contributed by atoms with E-state index in [1.165, 1.54) is 231 Å². The molecule has 6 atom stereocenters. The molecular weight excluding hydrogens is 1340 g/mol. The van der Waals surface area contributed by atoms with Gasteiger partial charge in [0, 0.05) is 25.7 Å². The molecule has 0 aromatic heterocycles. The summed E-state index contributed by atoms with van der Waals surface area (Å²) in [5, 5.41) is 10.7. The van der Waals surface area contributed by atoms with Gasteiger partial charge in [-0.1, -0.05) is 383 Å². The van der Waals surface area contributed by atoms with E-state index in [0.29, 0.717) is 25.7 Å². The van der Waals surface area contributed by atoms with Crippen LogP contribution in [0.25, 0.3) is 0 Å². The van der Waals surface area contributed by atoms with Crippen LogP contribution in [0.1, 0.15) is 434 Å². The number of ether oxygens (including phenoxy) is 4. The fourth-order valence-electron chi connectivity index (χ4n) is 12.9. The first-order valence-corrected chi connectivity index (χ1v) is 46.2. The van der Waals surface area contributed by atoms with Crippen LogP contribution in [-0.2, 0) is 65.4 Å². The fourth-order valence-corrected chi connectivity index (χ4v) is 14.5. The lowest BCUT2D eigenvalue weighted by Crippen LogP contribution is -2.30. The molecule has 0 aliphatic heterocycles. The highest BCUT2D eigenvalue weighted by Crippen LogP contribution is 2.45. The molecule has 0 aromatic carbocycles. The lowest BCUT2D eigenvalue weighted by Gasteiger charge is -2.21. The number of esters is 4. The second-order valence-corrected chi connectivity index (χ2v) is 34.8.